The van der Waals surface area contributed by atoms with Gasteiger partial charge in [-0.15, -0.1) is 0 Å². The van der Waals surface area contributed by atoms with Crippen molar-refractivity contribution in [3.8, 4) is 0 Å². The first kappa shape index (κ1) is 14.0. The van der Waals surface area contributed by atoms with Gasteiger partial charge in [-0.25, -0.2) is 0 Å². The number of nitrogens with one attached hydrogen (secondary N) is 1. The number of furan rings is 1. The average molecular weight is 267 g/mol. The lowest BCUT2D eigenvalue weighted by Crippen LogP contribution is -2.39. The van der Waals surface area contributed by atoms with Gasteiger partial charge in [0, 0.05) is 23.8 Å². The van der Waals surface area contributed by atoms with E-state index in [0.717, 1.165) is 25.1 Å². The van der Waals surface area contributed by atoms with Crippen LogP contribution in [0.3, 0.4) is 0 Å². The third-order valence-electron chi connectivity index (χ3n) is 4.12. The van der Waals surface area contributed by atoms with Crippen LogP contribution in [0.2, 0.25) is 0 Å². The molecular formula is C15H25NOS. The van der Waals surface area contributed by atoms with Gasteiger partial charge in [0.1, 0.15) is 5.76 Å². The fraction of sp³-hybridized carbons (Fsp3) is 0.733. The van der Waals surface area contributed by atoms with Gasteiger partial charge in [-0.1, -0.05) is 12.8 Å². The molecular weight excluding hydrogens is 242 g/mol. The fourth-order valence-corrected chi connectivity index (χ4v) is 3.67. The van der Waals surface area contributed by atoms with Crippen LogP contribution in [0.5, 0.6) is 0 Å². The average Bonchev–Trinajstić information content (AvgIpc) is 3.06. The molecule has 1 atom stereocenters. The molecule has 2 rings (SSSR count). The highest BCUT2D eigenvalue weighted by Crippen LogP contribution is 2.39. The summed E-state index contributed by atoms with van der Waals surface area (Å²) in [4.78, 5) is 0. The highest BCUT2D eigenvalue weighted by Gasteiger charge is 2.32. The zero-order chi connectivity index (χ0) is 12.8. The van der Waals surface area contributed by atoms with E-state index in [4.69, 9.17) is 4.42 Å². The molecule has 3 heteroatoms. The van der Waals surface area contributed by atoms with Crippen molar-refractivity contribution in [2.45, 2.75) is 56.2 Å². The minimum Gasteiger partial charge on any atom is -0.469 e. The Balaban J connectivity index is 1.69. The lowest BCUT2D eigenvalue weighted by molar-refractivity contribution is 0.435. The number of thioether (sulfide) groups is 1. The Kier molecular flexibility index (Phi) is 5.19. The summed E-state index contributed by atoms with van der Waals surface area (Å²) in [5.74, 6) is 1.10. The summed E-state index contributed by atoms with van der Waals surface area (Å²) in [6, 6.07) is 4.60. The maximum Gasteiger partial charge on any atom is 0.103 e. The van der Waals surface area contributed by atoms with Crippen LogP contribution in [-0.2, 0) is 6.42 Å². The van der Waals surface area contributed by atoms with E-state index in [1.807, 2.05) is 6.07 Å². The summed E-state index contributed by atoms with van der Waals surface area (Å²) in [7, 11) is 0. The van der Waals surface area contributed by atoms with Gasteiger partial charge in [-0.3, -0.25) is 0 Å². The molecule has 2 nitrogen and oxygen atoms in total. The van der Waals surface area contributed by atoms with Gasteiger partial charge in [0.25, 0.3) is 0 Å². The van der Waals surface area contributed by atoms with Gasteiger partial charge >= 0.3 is 0 Å². The standard InChI is InChI=1S/C15H25NOS/c1-13(7-8-14-6-5-11-17-14)16-12-15(18-2)9-3-4-10-15/h5-6,11,13,16H,3-4,7-10,12H2,1-2H3. The molecule has 1 aromatic heterocycles. The van der Waals surface area contributed by atoms with E-state index in [1.54, 1.807) is 6.26 Å². The van der Waals surface area contributed by atoms with E-state index in [-0.39, 0.29) is 0 Å². The van der Waals surface area contributed by atoms with Gasteiger partial charge in [-0.05, 0) is 44.6 Å². The van der Waals surface area contributed by atoms with E-state index in [0.29, 0.717) is 10.8 Å². The third-order valence-corrected chi connectivity index (χ3v) is 5.54. The Labute approximate surface area is 115 Å². The first-order chi connectivity index (χ1) is 8.74. The molecule has 0 aliphatic heterocycles. The molecule has 0 spiro atoms. The molecule has 102 valence electrons. The van der Waals surface area contributed by atoms with Crippen molar-refractivity contribution >= 4 is 11.8 Å². The normalized spacial score (nSPS) is 20.1. The van der Waals surface area contributed by atoms with Crippen LogP contribution in [0.25, 0.3) is 0 Å². The third kappa shape index (κ3) is 3.79. The van der Waals surface area contributed by atoms with Crippen molar-refractivity contribution in [2.24, 2.45) is 0 Å². The Morgan fingerprint density at radius 1 is 1.44 bits per heavy atom. The predicted molar refractivity (Wildman–Crippen MR) is 79.2 cm³/mol. The molecule has 1 saturated carbocycles. The quantitative estimate of drug-likeness (QED) is 0.812. The Morgan fingerprint density at radius 2 is 2.22 bits per heavy atom. The van der Waals surface area contributed by atoms with E-state index >= 15 is 0 Å². The molecule has 1 aliphatic rings. The second-order valence-corrected chi connectivity index (χ2v) is 6.77. The molecule has 0 aromatic carbocycles. The maximum absolute atomic E-state index is 5.37. The van der Waals surface area contributed by atoms with Crippen LogP contribution in [0, 0.1) is 0 Å². The Morgan fingerprint density at radius 3 is 2.83 bits per heavy atom. The monoisotopic (exact) mass is 267 g/mol. The highest BCUT2D eigenvalue weighted by molar-refractivity contribution is 8.00. The zero-order valence-corrected chi connectivity index (χ0v) is 12.4. The smallest absolute Gasteiger partial charge is 0.103 e. The molecule has 0 saturated heterocycles. The first-order valence-corrected chi connectivity index (χ1v) is 8.27. The molecule has 1 aromatic rings. The van der Waals surface area contributed by atoms with Crippen molar-refractivity contribution in [1.82, 2.24) is 5.32 Å². The summed E-state index contributed by atoms with van der Waals surface area (Å²) >= 11 is 2.06. The summed E-state index contributed by atoms with van der Waals surface area (Å²) in [5, 5.41) is 3.72. The van der Waals surface area contributed by atoms with Crippen molar-refractivity contribution < 1.29 is 4.42 Å². The van der Waals surface area contributed by atoms with Crippen LogP contribution < -0.4 is 5.32 Å². The van der Waals surface area contributed by atoms with Crippen LogP contribution in [0.4, 0.5) is 0 Å². The topological polar surface area (TPSA) is 25.2 Å². The Hall–Kier alpha value is -0.410. The van der Waals surface area contributed by atoms with Gasteiger partial charge in [-0.2, -0.15) is 11.8 Å². The summed E-state index contributed by atoms with van der Waals surface area (Å²) in [6.07, 6.45) is 11.8. The second kappa shape index (κ2) is 6.67. The fourth-order valence-electron chi connectivity index (χ4n) is 2.75. The van der Waals surface area contributed by atoms with Gasteiger partial charge in [0.15, 0.2) is 0 Å². The van der Waals surface area contributed by atoms with Crippen molar-refractivity contribution in [1.29, 1.82) is 0 Å². The lowest BCUT2D eigenvalue weighted by atomic mass is 10.1. The molecule has 0 radical (unpaired) electrons. The minimum atomic E-state index is 0.513. The zero-order valence-electron chi connectivity index (χ0n) is 11.6. The molecule has 1 N–H and O–H groups in total. The summed E-state index contributed by atoms with van der Waals surface area (Å²) in [6.45, 7) is 3.44. The number of aryl methyl sites for hydroxylation is 1. The maximum atomic E-state index is 5.37. The largest absolute Gasteiger partial charge is 0.469 e. The molecule has 0 bridgehead atoms. The second-order valence-electron chi connectivity index (χ2n) is 5.49. The van der Waals surface area contributed by atoms with Crippen LogP contribution in [0.1, 0.15) is 44.8 Å². The van der Waals surface area contributed by atoms with Gasteiger partial charge < -0.3 is 9.73 Å². The lowest BCUT2D eigenvalue weighted by Gasteiger charge is -2.29. The molecule has 0 amide bonds. The molecule has 1 fully saturated rings. The number of hydrogen-bond acceptors (Lipinski definition) is 3. The van der Waals surface area contributed by atoms with Crippen molar-refractivity contribution in [3.05, 3.63) is 24.2 Å². The molecule has 1 aliphatic carbocycles. The van der Waals surface area contributed by atoms with Crippen molar-refractivity contribution in [2.75, 3.05) is 12.8 Å². The van der Waals surface area contributed by atoms with Crippen molar-refractivity contribution in [3.63, 3.8) is 0 Å². The summed E-state index contributed by atoms with van der Waals surface area (Å²) < 4.78 is 5.88. The predicted octanol–water partition coefficient (Wildman–Crippen LogP) is 3.87. The Bertz CT molecular complexity index is 330. The van der Waals surface area contributed by atoms with Crippen LogP contribution >= 0.6 is 11.8 Å². The van der Waals surface area contributed by atoms with E-state index < -0.39 is 0 Å². The van der Waals surface area contributed by atoms with Crippen LogP contribution in [0.15, 0.2) is 22.8 Å². The number of rotatable bonds is 7. The highest BCUT2D eigenvalue weighted by atomic mass is 32.2. The van der Waals surface area contributed by atoms with Gasteiger partial charge in [0.2, 0.25) is 0 Å². The van der Waals surface area contributed by atoms with Crippen LogP contribution in [-0.4, -0.2) is 23.6 Å². The van der Waals surface area contributed by atoms with E-state index in [9.17, 15) is 0 Å². The number of hydrogen-bond donors (Lipinski definition) is 1. The SMILES string of the molecule is CSC1(CNC(C)CCc2ccco2)CCCC1. The van der Waals surface area contributed by atoms with E-state index in [2.05, 4.69) is 36.3 Å². The molecule has 18 heavy (non-hydrogen) atoms. The molecule has 1 unspecified atom stereocenters. The van der Waals surface area contributed by atoms with E-state index in [1.165, 1.54) is 25.7 Å². The molecule has 1 heterocycles. The minimum absolute atomic E-state index is 0.513. The first-order valence-electron chi connectivity index (χ1n) is 7.05. The summed E-state index contributed by atoms with van der Waals surface area (Å²) in [5.41, 5.74) is 0. The van der Waals surface area contributed by atoms with Gasteiger partial charge in [0.05, 0.1) is 6.26 Å².